The zero-order valence-electron chi connectivity index (χ0n) is 12.9. The van der Waals surface area contributed by atoms with Crippen LogP contribution in [0.3, 0.4) is 0 Å². The van der Waals surface area contributed by atoms with E-state index in [0.717, 1.165) is 45.9 Å². The molecule has 0 radical (unpaired) electrons. The standard InChI is InChI=1S/C17H22BrNO2/c1-10-4-6-19(7-5-10)15-9-21-17-12(3)11(2)14(18)8-13(17)16(15)20/h8,10,15H,4-7,9H2,1-3H3/t15-/m0/s1. The molecule has 3 rings (SSSR count). The summed E-state index contributed by atoms with van der Waals surface area (Å²) in [5, 5.41) is 0. The maximum atomic E-state index is 12.9. The van der Waals surface area contributed by atoms with E-state index in [1.54, 1.807) is 0 Å². The van der Waals surface area contributed by atoms with Crippen LogP contribution >= 0.6 is 15.9 Å². The van der Waals surface area contributed by atoms with Gasteiger partial charge in [0.2, 0.25) is 0 Å². The van der Waals surface area contributed by atoms with E-state index in [4.69, 9.17) is 4.74 Å². The molecule has 1 saturated heterocycles. The van der Waals surface area contributed by atoms with Crippen LogP contribution in [0.25, 0.3) is 0 Å². The molecule has 0 amide bonds. The van der Waals surface area contributed by atoms with Crippen molar-refractivity contribution >= 4 is 21.7 Å². The molecule has 4 heteroatoms. The third-order valence-corrected chi connectivity index (χ3v) is 5.81. The summed E-state index contributed by atoms with van der Waals surface area (Å²) in [5.74, 6) is 1.77. The Hall–Kier alpha value is -0.870. The van der Waals surface area contributed by atoms with Crippen LogP contribution in [0.4, 0.5) is 0 Å². The minimum Gasteiger partial charge on any atom is -0.490 e. The lowest BCUT2D eigenvalue weighted by Crippen LogP contribution is -2.50. The van der Waals surface area contributed by atoms with E-state index in [9.17, 15) is 4.79 Å². The predicted octanol–water partition coefficient (Wildman–Crippen LogP) is 3.74. The number of hydrogen-bond donors (Lipinski definition) is 0. The highest BCUT2D eigenvalue weighted by Gasteiger charge is 2.36. The van der Waals surface area contributed by atoms with Crippen LogP contribution in [-0.4, -0.2) is 36.4 Å². The second-order valence-electron chi connectivity index (χ2n) is 6.39. The van der Waals surface area contributed by atoms with Crippen molar-refractivity contribution in [2.45, 2.75) is 39.7 Å². The Bertz CT molecular complexity index is 577. The first-order valence-corrected chi connectivity index (χ1v) is 8.49. The summed E-state index contributed by atoms with van der Waals surface area (Å²) in [6.45, 7) is 8.85. The first-order chi connectivity index (χ1) is 9.99. The van der Waals surface area contributed by atoms with Gasteiger partial charge >= 0.3 is 0 Å². The molecule has 2 aliphatic heterocycles. The van der Waals surface area contributed by atoms with E-state index in [-0.39, 0.29) is 11.8 Å². The summed E-state index contributed by atoms with van der Waals surface area (Å²) in [5.41, 5.74) is 2.95. The fourth-order valence-electron chi connectivity index (χ4n) is 3.25. The summed E-state index contributed by atoms with van der Waals surface area (Å²) in [6, 6.07) is 1.82. The molecule has 0 N–H and O–H groups in total. The maximum Gasteiger partial charge on any atom is 0.187 e. The highest BCUT2D eigenvalue weighted by molar-refractivity contribution is 9.10. The quantitative estimate of drug-likeness (QED) is 0.771. The van der Waals surface area contributed by atoms with Crippen molar-refractivity contribution < 1.29 is 9.53 Å². The van der Waals surface area contributed by atoms with Crippen LogP contribution in [0.2, 0.25) is 0 Å². The fourth-order valence-corrected chi connectivity index (χ4v) is 3.78. The fraction of sp³-hybridized carbons (Fsp3) is 0.588. The number of piperidine rings is 1. The summed E-state index contributed by atoms with van der Waals surface area (Å²) >= 11 is 3.56. The Morgan fingerprint density at radius 3 is 2.57 bits per heavy atom. The Kier molecular flexibility index (Phi) is 4.10. The van der Waals surface area contributed by atoms with Gasteiger partial charge < -0.3 is 4.74 Å². The summed E-state index contributed by atoms with van der Waals surface area (Å²) in [4.78, 5) is 15.2. The van der Waals surface area contributed by atoms with Crippen molar-refractivity contribution in [1.82, 2.24) is 4.90 Å². The van der Waals surface area contributed by atoms with Crippen molar-refractivity contribution in [3.8, 4) is 5.75 Å². The predicted molar refractivity (Wildman–Crippen MR) is 87.2 cm³/mol. The van der Waals surface area contributed by atoms with E-state index in [2.05, 4.69) is 27.8 Å². The lowest BCUT2D eigenvalue weighted by Gasteiger charge is -2.38. The molecular weight excluding hydrogens is 330 g/mol. The van der Waals surface area contributed by atoms with Gasteiger partial charge in [0.15, 0.2) is 5.78 Å². The maximum absolute atomic E-state index is 12.9. The molecule has 0 unspecified atom stereocenters. The van der Waals surface area contributed by atoms with Gasteiger partial charge in [-0.05, 0) is 62.9 Å². The number of hydrogen-bond acceptors (Lipinski definition) is 3. The monoisotopic (exact) mass is 351 g/mol. The molecule has 114 valence electrons. The van der Waals surface area contributed by atoms with Gasteiger partial charge in [0, 0.05) is 4.47 Å². The van der Waals surface area contributed by atoms with Crippen LogP contribution in [0.5, 0.6) is 5.75 Å². The van der Waals surface area contributed by atoms with Gasteiger partial charge in [-0.15, -0.1) is 0 Å². The minimum absolute atomic E-state index is 0.112. The van der Waals surface area contributed by atoms with Gasteiger partial charge in [-0.2, -0.15) is 0 Å². The highest BCUT2D eigenvalue weighted by atomic mass is 79.9. The van der Waals surface area contributed by atoms with Crippen LogP contribution in [0.15, 0.2) is 10.5 Å². The number of benzene rings is 1. The van der Waals surface area contributed by atoms with E-state index in [1.807, 2.05) is 19.9 Å². The van der Waals surface area contributed by atoms with Crippen LogP contribution in [0.1, 0.15) is 41.3 Å². The Morgan fingerprint density at radius 1 is 1.24 bits per heavy atom. The summed E-state index contributed by atoms with van der Waals surface area (Å²) in [7, 11) is 0. The van der Waals surface area contributed by atoms with E-state index in [1.165, 1.54) is 12.8 Å². The van der Waals surface area contributed by atoms with Crippen molar-refractivity contribution in [1.29, 1.82) is 0 Å². The molecule has 2 aliphatic rings. The Morgan fingerprint density at radius 2 is 1.90 bits per heavy atom. The molecular formula is C17H22BrNO2. The van der Waals surface area contributed by atoms with Gasteiger partial charge in [0.1, 0.15) is 18.4 Å². The van der Waals surface area contributed by atoms with Gasteiger partial charge in [-0.25, -0.2) is 0 Å². The van der Waals surface area contributed by atoms with Gasteiger partial charge in [-0.3, -0.25) is 9.69 Å². The van der Waals surface area contributed by atoms with Crippen LogP contribution in [-0.2, 0) is 0 Å². The van der Waals surface area contributed by atoms with Crippen molar-refractivity contribution in [3.05, 3.63) is 27.2 Å². The number of halogens is 1. The lowest BCUT2D eigenvalue weighted by atomic mass is 9.92. The molecule has 3 nitrogen and oxygen atoms in total. The number of ketones is 1. The number of carbonyl (C=O) groups excluding carboxylic acids is 1. The first kappa shape index (κ1) is 15.0. The molecule has 0 aliphatic carbocycles. The molecule has 0 aromatic heterocycles. The lowest BCUT2D eigenvalue weighted by molar-refractivity contribution is 0.0578. The molecule has 0 spiro atoms. The first-order valence-electron chi connectivity index (χ1n) is 7.69. The van der Waals surface area contributed by atoms with Crippen LogP contribution in [0, 0.1) is 19.8 Å². The summed E-state index contributed by atoms with van der Waals surface area (Å²) < 4.78 is 6.96. The number of carbonyl (C=O) groups is 1. The highest BCUT2D eigenvalue weighted by Crippen LogP contribution is 2.36. The van der Waals surface area contributed by atoms with Gasteiger partial charge in [0.05, 0.1) is 5.56 Å². The van der Waals surface area contributed by atoms with Crippen molar-refractivity contribution in [2.75, 3.05) is 19.7 Å². The molecule has 2 heterocycles. The molecule has 1 fully saturated rings. The van der Waals surface area contributed by atoms with E-state index >= 15 is 0 Å². The SMILES string of the molecule is Cc1c(Br)cc2c(c1C)OC[C@H](N1CCC(C)CC1)C2=O. The smallest absolute Gasteiger partial charge is 0.187 e. The number of Topliss-reactive ketones (excluding diaryl/α,β-unsaturated/α-hetero) is 1. The molecule has 0 bridgehead atoms. The number of fused-ring (bicyclic) bond motifs is 1. The minimum atomic E-state index is -0.112. The topological polar surface area (TPSA) is 29.5 Å². The Labute approximate surface area is 134 Å². The number of ether oxygens (including phenoxy) is 1. The molecule has 1 aromatic rings. The second-order valence-corrected chi connectivity index (χ2v) is 7.25. The van der Waals surface area contributed by atoms with Gasteiger partial charge in [0.25, 0.3) is 0 Å². The zero-order chi connectivity index (χ0) is 15.1. The van der Waals surface area contributed by atoms with E-state index < -0.39 is 0 Å². The number of likely N-dealkylation sites (tertiary alicyclic amines) is 1. The zero-order valence-corrected chi connectivity index (χ0v) is 14.5. The van der Waals surface area contributed by atoms with Crippen molar-refractivity contribution in [2.24, 2.45) is 5.92 Å². The van der Waals surface area contributed by atoms with Crippen molar-refractivity contribution in [3.63, 3.8) is 0 Å². The summed E-state index contributed by atoms with van der Waals surface area (Å²) in [6.07, 6.45) is 2.35. The second kappa shape index (κ2) is 5.73. The van der Waals surface area contributed by atoms with Gasteiger partial charge in [-0.1, -0.05) is 22.9 Å². The normalized spacial score (nSPS) is 23.8. The van der Waals surface area contributed by atoms with Crippen LogP contribution < -0.4 is 4.74 Å². The molecule has 21 heavy (non-hydrogen) atoms. The van der Waals surface area contributed by atoms with E-state index in [0.29, 0.717) is 6.61 Å². The molecule has 1 atom stereocenters. The third kappa shape index (κ3) is 2.64. The Balaban J connectivity index is 1.89. The average molecular weight is 352 g/mol. The third-order valence-electron chi connectivity index (χ3n) is 4.99. The molecule has 1 aromatic carbocycles. The number of nitrogens with zero attached hydrogens (tertiary/aromatic N) is 1. The largest absolute Gasteiger partial charge is 0.490 e. The number of rotatable bonds is 1. The molecule has 0 saturated carbocycles. The average Bonchev–Trinajstić information content (AvgIpc) is 2.47.